The van der Waals surface area contributed by atoms with Crippen LogP contribution in [0.3, 0.4) is 0 Å². The summed E-state index contributed by atoms with van der Waals surface area (Å²) in [6.45, 7) is 10.7. The Morgan fingerprint density at radius 3 is 2.15 bits per heavy atom. The van der Waals surface area contributed by atoms with Gasteiger partial charge in [0.1, 0.15) is 28.5 Å². The quantitative estimate of drug-likeness (QED) is 0.146. The second-order valence-electron chi connectivity index (χ2n) is 15.3. The Bertz CT molecular complexity index is 2010. The van der Waals surface area contributed by atoms with Crippen LogP contribution in [0.1, 0.15) is 93.3 Å². The van der Waals surface area contributed by atoms with E-state index in [1.165, 1.54) is 37.4 Å². The van der Waals surface area contributed by atoms with Crippen LogP contribution >= 0.6 is 0 Å². The van der Waals surface area contributed by atoms with Crippen molar-refractivity contribution in [3.63, 3.8) is 0 Å². The highest BCUT2D eigenvalue weighted by Crippen LogP contribution is 2.38. The number of halogens is 4. The smallest absolute Gasteiger partial charge is 0.435 e. The molecule has 0 spiro atoms. The maximum absolute atomic E-state index is 15.6. The fraction of sp³-hybridized carbons (Fsp3) is 0.400. The van der Waals surface area contributed by atoms with Gasteiger partial charge in [0, 0.05) is 19.2 Å². The molecule has 4 aromatic rings. The number of nitrogens with one attached hydrogen (secondary N) is 2. The van der Waals surface area contributed by atoms with Crippen molar-refractivity contribution in [2.24, 2.45) is 5.92 Å². The third-order valence-corrected chi connectivity index (χ3v) is 8.30. The Hall–Kier alpha value is -5.60. The maximum Gasteiger partial charge on any atom is 0.435 e. The minimum Gasteiger partial charge on any atom is -0.497 e. The predicted octanol–water partition coefficient (Wildman–Crippen LogP) is 9.05. The zero-order chi connectivity index (χ0) is 40.3. The summed E-state index contributed by atoms with van der Waals surface area (Å²) in [7, 11) is 1.52. The SMILES string of the molecule is COc1ccc(C(c2ccc(F)c(NC(=O)c3cc(C(F)(F)F)nn3-c3cccc(CNC(=O)OC(C)(C)C)c3)c2)N(CC2CC2)C(=O)OC(C)(C)C)cc1. The first-order valence-electron chi connectivity index (χ1n) is 17.7. The molecule has 1 saturated carbocycles. The molecule has 2 N–H and O–H groups in total. The van der Waals surface area contributed by atoms with Gasteiger partial charge in [-0.25, -0.2) is 18.7 Å². The number of hydrogen-bond acceptors (Lipinski definition) is 7. The molecule has 1 unspecified atom stereocenters. The molecule has 0 aliphatic heterocycles. The monoisotopic (exact) mass is 767 g/mol. The zero-order valence-corrected chi connectivity index (χ0v) is 31.7. The molecule has 1 atom stereocenters. The highest BCUT2D eigenvalue weighted by Gasteiger charge is 2.38. The summed E-state index contributed by atoms with van der Waals surface area (Å²) >= 11 is 0. The second kappa shape index (κ2) is 16.0. The van der Waals surface area contributed by atoms with E-state index >= 15 is 4.39 Å². The summed E-state index contributed by atoms with van der Waals surface area (Å²) in [5.41, 5.74) is -2.20. The van der Waals surface area contributed by atoms with Gasteiger partial charge in [-0.05, 0) is 113 Å². The molecular formula is C40H45F4N5O6. The first kappa shape index (κ1) is 40.6. The van der Waals surface area contributed by atoms with Crippen molar-refractivity contribution in [2.45, 2.75) is 84.3 Å². The lowest BCUT2D eigenvalue weighted by Crippen LogP contribution is -2.41. The van der Waals surface area contributed by atoms with Crippen LogP contribution < -0.4 is 15.4 Å². The molecule has 3 amide bonds. The largest absolute Gasteiger partial charge is 0.497 e. The van der Waals surface area contributed by atoms with E-state index in [2.05, 4.69) is 15.7 Å². The summed E-state index contributed by atoms with van der Waals surface area (Å²) < 4.78 is 74.7. The van der Waals surface area contributed by atoms with Crippen LogP contribution in [-0.2, 0) is 22.2 Å². The molecule has 15 heteroatoms. The number of alkyl halides is 3. The lowest BCUT2D eigenvalue weighted by molar-refractivity contribution is -0.141. The number of ether oxygens (including phenoxy) is 3. The number of carbonyl (C=O) groups excluding carboxylic acids is 3. The normalized spacial score (nSPS) is 13.8. The topological polar surface area (TPSA) is 124 Å². The van der Waals surface area contributed by atoms with E-state index in [4.69, 9.17) is 14.2 Å². The van der Waals surface area contributed by atoms with Crippen LogP contribution in [-0.4, -0.2) is 57.6 Å². The molecule has 294 valence electrons. The van der Waals surface area contributed by atoms with Crippen molar-refractivity contribution in [1.82, 2.24) is 20.0 Å². The Morgan fingerprint density at radius 2 is 1.55 bits per heavy atom. The lowest BCUT2D eigenvalue weighted by atomic mass is 9.96. The van der Waals surface area contributed by atoms with Gasteiger partial charge < -0.3 is 24.8 Å². The highest BCUT2D eigenvalue weighted by molar-refractivity contribution is 6.03. The van der Waals surface area contributed by atoms with Gasteiger partial charge in [-0.1, -0.05) is 30.3 Å². The van der Waals surface area contributed by atoms with E-state index in [9.17, 15) is 27.6 Å². The van der Waals surface area contributed by atoms with Crippen molar-refractivity contribution in [1.29, 1.82) is 0 Å². The molecule has 0 bridgehead atoms. The summed E-state index contributed by atoms with van der Waals surface area (Å²) in [4.78, 5) is 41.4. The Labute approximate surface area is 316 Å². The van der Waals surface area contributed by atoms with E-state index in [1.807, 2.05) is 0 Å². The van der Waals surface area contributed by atoms with Crippen molar-refractivity contribution in [3.8, 4) is 11.4 Å². The molecule has 1 fully saturated rings. The average Bonchev–Trinajstić information content (AvgIpc) is 3.79. The summed E-state index contributed by atoms with van der Waals surface area (Å²) in [5, 5.41) is 8.70. The number of hydrogen-bond donors (Lipinski definition) is 2. The van der Waals surface area contributed by atoms with Gasteiger partial charge >= 0.3 is 18.4 Å². The van der Waals surface area contributed by atoms with Crippen LogP contribution in [0.2, 0.25) is 0 Å². The van der Waals surface area contributed by atoms with Gasteiger partial charge in [-0.3, -0.25) is 9.69 Å². The van der Waals surface area contributed by atoms with Crippen LogP contribution in [0.5, 0.6) is 5.75 Å². The van der Waals surface area contributed by atoms with E-state index < -0.39 is 58.7 Å². The van der Waals surface area contributed by atoms with Crippen LogP contribution in [0.25, 0.3) is 5.69 Å². The number of nitrogens with zero attached hydrogens (tertiary/aromatic N) is 3. The number of carbonyl (C=O) groups is 3. The predicted molar refractivity (Wildman–Crippen MR) is 196 cm³/mol. The highest BCUT2D eigenvalue weighted by atomic mass is 19.4. The van der Waals surface area contributed by atoms with E-state index in [0.717, 1.165) is 23.6 Å². The molecule has 1 heterocycles. The van der Waals surface area contributed by atoms with Gasteiger partial charge in [0.25, 0.3) is 5.91 Å². The van der Waals surface area contributed by atoms with Crippen LogP contribution in [0, 0.1) is 11.7 Å². The molecule has 1 aliphatic rings. The molecular weight excluding hydrogens is 722 g/mol. The van der Waals surface area contributed by atoms with Crippen molar-refractivity contribution in [2.75, 3.05) is 19.0 Å². The van der Waals surface area contributed by atoms with Gasteiger partial charge in [0.2, 0.25) is 0 Å². The molecule has 1 aliphatic carbocycles. The van der Waals surface area contributed by atoms with Crippen LogP contribution in [0.15, 0.2) is 72.8 Å². The molecule has 0 saturated heterocycles. The number of methoxy groups -OCH3 is 1. The third-order valence-electron chi connectivity index (χ3n) is 8.30. The molecule has 3 aromatic carbocycles. The Morgan fingerprint density at radius 1 is 0.891 bits per heavy atom. The zero-order valence-electron chi connectivity index (χ0n) is 31.7. The van der Waals surface area contributed by atoms with E-state index in [-0.39, 0.29) is 23.8 Å². The first-order chi connectivity index (χ1) is 25.7. The number of benzene rings is 3. The summed E-state index contributed by atoms with van der Waals surface area (Å²) in [6.07, 6.45) is -4.38. The average molecular weight is 768 g/mol. The van der Waals surface area contributed by atoms with Crippen LogP contribution in [0.4, 0.5) is 32.8 Å². The lowest BCUT2D eigenvalue weighted by Gasteiger charge is -2.34. The third kappa shape index (κ3) is 11.0. The number of rotatable bonds is 11. The molecule has 11 nitrogen and oxygen atoms in total. The Balaban J connectivity index is 1.51. The number of amides is 3. The van der Waals surface area contributed by atoms with Gasteiger partial charge in [0.15, 0.2) is 5.69 Å². The van der Waals surface area contributed by atoms with E-state index in [0.29, 0.717) is 35.1 Å². The minimum atomic E-state index is -4.92. The number of aromatic nitrogens is 2. The fourth-order valence-electron chi connectivity index (χ4n) is 5.68. The second-order valence-corrected chi connectivity index (χ2v) is 15.3. The van der Waals surface area contributed by atoms with Gasteiger partial charge in [-0.15, -0.1) is 0 Å². The number of anilines is 1. The molecule has 55 heavy (non-hydrogen) atoms. The van der Waals surface area contributed by atoms with Crippen molar-refractivity contribution < 1.29 is 46.2 Å². The summed E-state index contributed by atoms with van der Waals surface area (Å²) in [6, 6.07) is 16.7. The van der Waals surface area contributed by atoms with Crippen molar-refractivity contribution in [3.05, 3.63) is 107 Å². The summed E-state index contributed by atoms with van der Waals surface area (Å²) in [5.74, 6) is -1.16. The van der Waals surface area contributed by atoms with Gasteiger partial charge in [0.05, 0.1) is 24.5 Å². The van der Waals surface area contributed by atoms with Crippen molar-refractivity contribution >= 4 is 23.8 Å². The Kier molecular flexibility index (Phi) is 11.8. The fourth-order valence-corrected chi connectivity index (χ4v) is 5.68. The van der Waals surface area contributed by atoms with E-state index in [1.54, 1.807) is 76.8 Å². The molecule has 5 rings (SSSR count). The molecule has 1 aromatic heterocycles. The maximum atomic E-state index is 15.6. The standard InChI is InChI=1S/C40H45F4N5O6/c1-38(2,3)54-36(51)45-22-25-9-8-10-28(19-25)49-32(21-33(47-49)40(42,43)44)35(50)46-31-20-27(15-18-30(31)41)34(26-13-16-29(53-7)17-14-26)48(23-24-11-12-24)37(52)55-39(4,5)6/h8-10,13-21,24,34H,11-12,22-23H2,1-7H3,(H,45,51)(H,46,50). The first-order valence-corrected chi connectivity index (χ1v) is 17.7. The minimum absolute atomic E-state index is 0.0356. The molecule has 0 radical (unpaired) electrons. The number of alkyl carbamates (subject to hydrolysis) is 1. The van der Waals surface area contributed by atoms with Gasteiger partial charge in [-0.2, -0.15) is 18.3 Å².